The first-order chi connectivity index (χ1) is 7.35. The average molecular weight is 201 g/mol. The van der Waals surface area contributed by atoms with Gasteiger partial charge in [0.15, 0.2) is 0 Å². The van der Waals surface area contributed by atoms with Gasteiger partial charge >= 0.3 is 0 Å². The number of rotatable bonds is 3. The van der Waals surface area contributed by atoms with Crippen LogP contribution in [0.1, 0.15) is 12.5 Å². The molecule has 0 aliphatic carbocycles. The van der Waals surface area contributed by atoms with E-state index in [-0.39, 0.29) is 0 Å². The van der Waals surface area contributed by atoms with E-state index in [1.807, 2.05) is 25.1 Å². The molecule has 2 nitrogen and oxygen atoms in total. The highest BCUT2D eigenvalue weighted by molar-refractivity contribution is 5.89. The van der Waals surface area contributed by atoms with Gasteiger partial charge in [0, 0.05) is 11.9 Å². The quantitative estimate of drug-likeness (QED) is 0.828. The van der Waals surface area contributed by atoms with Crippen LogP contribution in [0.4, 0.5) is 0 Å². The summed E-state index contributed by atoms with van der Waals surface area (Å²) in [6, 6.07) is 12.3. The molecule has 0 aromatic heterocycles. The molecular weight excluding hydrogens is 186 g/mol. The Balaban J connectivity index is 2.63. The van der Waals surface area contributed by atoms with E-state index in [1.54, 1.807) is 0 Å². The molecule has 0 spiro atoms. The molecule has 0 aliphatic rings. The van der Waals surface area contributed by atoms with Gasteiger partial charge in [-0.15, -0.1) is 0 Å². The van der Waals surface area contributed by atoms with Crippen LogP contribution in [0.15, 0.2) is 36.4 Å². The Labute approximate surface area is 89.7 Å². The van der Waals surface area contributed by atoms with Crippen molar-refractivity contribution in [2.24, 2.45) is 5.73 Å². The van der Waals surface area contributed by atoms with E-state index in [1.165, 1.54) is 5.39 Å². The highest BCUT2D eigenvalue weighted by Crippen LogP contribution is 2.27. The van der Waals surface area contributed by atoms with Gasteiger partial charge in [-0.2, -0.15) is 0 Å². The standard InChI is InChI=1S/C13H15NO/c1-2-15-13-8-10(9-14)7-11-5-3-4-6-12(11)13/h3-8H,2,9,14H2,1H3. The summed E-state index contributed by atoms with van der Waals surface area (Å²) < 4.78 is 5.61. The number of benzene rings is 2. The first-order valence-corrected chi connectivity index (χ1v) is 5.19. The lowest BCUT2D eigenvalue weighted by molar-refractivity contribution is 0.344. The Morgan fingerprint density at radius 3 is 2.73 bits per heavy atom. The minimum absolute atomic E-state index is 0.547. The van der Waals surface area contributed by atoms with Crippen molar-refractivity contribution in [2.45, 2.75) is 13.5 Å². The molecule has 15 heavy (non-hydrogen) atoms. The lowest BCUT2D eigenvalue weighted by Crippen LogP contribution is -1.99. The van der Waals surface area contributed by atoms with Gasteiger partial charge in [0.05, 0.1) is 6.61 Å². The summed E-state index contributed by atoms with van der Waals surface area (Å²) in [5, 5.41) is 2.33. The molecule has 0 saturated heterocycles. The summed E-state index contributed by atoms with van der Waals surface area (Å²) in [5.41, 5.74) is 6.76. The maximum atomic E-state index is 5.65. The van der Waals surface area contributed by atoms with Gasteiger partial charge in [-0.25, -0.2) is 0 Å². The topological polar surface area (TPSA) is 35.2 Å². The fourth-order valence-corrected chi connectivity index (χ4v) is 1.73. The summed E-state index contributed by atoms with van der Waals surface area (Å²) in [7, 11) is 0. The van der Waals surface area contributed by atoms with E-state index in [0.717, 1.165) is 16.7 Å². The predicted molar refractivity (Wildman–Crippen MR) is 63.0 cm³/mol. The largest absolute Gasteiger partial charge is 0.493 e. The fourth-order valence-electron chi connectivity index (χ4n) is 1.73. The zero-order chi connectivity index (χ0) is 10.7. The van der Waals surface area contributed by atoms with Gasteiger partial charge in [0.2, 0.25) is 0 Å². The fraction of sp³-hybridized carbons (Fsp3) is 0.231. The summed E-state index contributed by atoms with van der Waals surface area (Å²) in [4.78, 5) is 0. The van der Waals surface area contributed by atoms with Gasteiger partial charge < -0.3 is 10.5 Å². The molecule has 0 bridgehead atoms. The van der Waals surface area contributed by atoms with Crippen LogP contribution in [0.5, 0.6) is 5.75 Å². The lowest BCUT2D eigenvalue weighted by Gasteiger charge is -2.09. The molecule has 0 radical (unpaired) electrons. The van der Waals surface area contributed by atoms with Crippen molar-refractivity contribution in [3.8, 4) is 5.75 Å². The molecular formula is C13H15NO. The van der Waals surface area contributed by atoms with Crippen LogP contribution in [-0.2, 0) is 6.54 Å². The molecule has 0 unspecified atom stereocenters. The second kappa shape index (κ2) is 4.32. The van der Waals surface area contributed by atoms with Crippen molar-refractivity contribution < 1.29 is 4.74 Å². The van der Waals surface area contributed by atoms with Crippen LogP contribution in [0, 0.1) is 0 Å². The first-order valence-electron chi connectivity index (χ1n) is 5.19. The molecule has 2 aromatic carbocycles. The molecule has 0 amide bonds. The number of fused-ring (bicyclic) bond motifs is 1. The lowest BCUT2D eigenvalue weighted by atomic mass is 10.1. The van der Waals surface area contributed by atoms with Gasteiger partial charge in [0.1, 0.15) is 5.75 Å². The monoisotopic (exact) mass is 201 g/mol. The van der Waals surface area contributed by atoms with Crippen molar-refractivity contribution in [3.63, 3.8) is 0 Å². The second-order valence-corrected chi connectivity index (χ2v) is 3.45. The smallest absolute Gasteiger partial charge is 0.127 e. The number of hydrogen-bond donors (Lipinski definition) is 1. The third-order valence-electron chi connectivity index (χ3n) is 2.42. The summed E-state index contributed by atoms with van der Waals surface area (Å²) >= 11 is 0. The number of nitrogens with two attached hydrogens (primary N) is 1. The van der Waals surface area contributed by atoms with Gasteiger partial charge in [-0.05, 0) is 30.0 Å². The predicted octanol–water partition coefficient (Wildman–Crippen LogP) is 2.70. The Hall–Kier alpha value is -1.54. The highest BCUT2D eigenvalue weighted by Gasteiger charge is 2.03. The van der Waals surface area contributed by atoms with Crippen molar-refractivity contribution in [1.82, 2.24) is 0 Å². The molecule has 0 saturated carbocycles. The Morgan fingerprint density at radius 2 is 2.00 bits per heavy atom. The van der Waals surface area contributed by atoms with Crippen LogP contribution < -0.4 is 10.5 Å². The molecule has 0 fully saturated rings. The maximum absolute atomic E-state index is 5.65. The summed E-state index contributed by atoms with van der Waals surface area (Å²) in [6.45, 7) is 3.22. The highest BCUT2D eigenvalue weighted by atomic mass is 16.5. The van der Waals surface area contributed by atoms with E-state index in [9.17, 15) is 0 Å². The van der Waals surface area contributed by atoms with Crippen molar-refractivity contribution >= 4 is 10.8 Å². The van der Waals surface area contributed by atoms with E-state index in [0.29, 0.717) is 13.2 Å². The van der Waals surface area contributed by atoms with Crippen LogP contribution >= 0.6 is 0 Å². The summed E-state index contributed by atoms with van der Waals surface area (Å²) in [6.07, 6.45) is 0. The second-order valence-electron chi connectivity index (χ2n) is 3.45. The van der Waals surface area contributed by atoms with Crippen molar-refractivity contribution in [1.29, 1.82) is 0 Å². The normalized spacial score (nSPS) is 10.5. The average Bonchev–Trinajstić information content (AvgIpc) is 2.29. The molecule has 2 heteroatoms. The van der Waals surface area contributed by atoms with Gasteiger partial charge in [-0.1, -0.05) is 24.3 Å². The van der Waals surface area contributed by atoms with E-state index < -0.39 is 0 Å². The minimum Gasteiger partial charge on any atom is -0.493 e. The first kappa shape index (κ1) is 9.99. The van der Waals surface area contributed by atoms with E-state index >= 15 is 0 Å². The third kappa shape index (κ3) is 1.95. The minimum atomic E-state index is 0.547. The third-order valence-corrected chi connectivity index (χ3v) is 2.42. The molecule has 0 heterocycles. The Morgan fingerprint density at radius 1 is 1.20 bits per heavy atom. The van der Waals surface area contributed by atoms with Gasteiger partial charge in [0.25, 0.3) is 0 Å². The zero-order valence-electron chi connectivity index (χ0n) is 8.86. The number of ether oxygens (including phenoxy) is 1. The van der Waals surface area contributed by atoms with Gasteiger partial charge in [-0.3, -0.25) is 0 Å². The molecule has 78 valence electrons. The van der Waals surface area contributed by atoms with Crippen molar-refractivity contribution in [2.75, 3.05) is 6.61 Å². The Kier molecular flexibility index (Phi) is 2.88. The SMILES string of the molecule is CCOc1cc(CN)cc2ccccc12. The van der Waals surface area contributed by atoms with Crippen LogP contribution in [0.25, 0.3) is 10.8 Å². The molecule has 0 aliphatic heterocycles. The number of hydrogen-bond acceptors (Lipinski definition) is 2. The Bertz CT molecular complexity index is 465. The van der Waals surface area contributed by atoms with Crippen LogP contribution in [0.2, 0.25) is 0 Å². The molecule has 2 aromatic rings. The zero-order valence-corrected chi connectivity index (χ0v) is 8.86. The van der Waals surface area contributed by atoms with E-state index in [4.69, 9.17) is 10.5 Å². The van der Waals surface area contributed by atoms with E-state index in [2.05, 4.69) is 18.2 Å². The maximum Gasteiger partial charge on any atom is 0.127 e. The molecule has 2 N–H and O–H groups in total. The van der Waals surface area contributed by atoms with Crippen LogP contribution in [0.3, 0.4) is 0 Å². The molecule has 2 rings (SSSR count). The van der Waals surface area contributed by atoms with Crippen molar-refractivity contribution in [3.05, 3.63) is 42.0 Å². The van der Waals surface area contributed by atoms with Crippen LogP contribution in [-0.4, -0.2) is 6.61 Å². The summed E-state index contributed by atoms with van der Waals surface area (Å²) in [5.74, 6) is 0.927. The molecule has 0 atom stereocenters.